The highest BCUT2D eigenvalue weighted by atomic mass is 16.4. The molecule has 7 nitrogen and oxygen atoms in total. The van der Waals surface area contributed by atoms with E-state index in [1.807, 2.05) is 20.8 Å². The number of anilines is 1. The van der Waals surface area contributed by atoms with E-state index in [9.17, 15) is 9.59 Å². The zero-order valence-corrected chi connectivity index (χ0v) is 12.4. The van der Waals surface area contributed by atoms with E-state index < -0.39 is 5.97 Å². The van der Waals surface area contributed by atoms with Crippen LogP contribution in [0.25, 0.3) is 0 Å². The first-order valence-corrected chi connectivity index (χ1v) is 6.55. The predicted octanol–water partition coefficient (Wildman–Crippen LogP) is 1.01. The van der Waals surface area contributed by atoms with Crippen LogP contribution in [0.4, 0.5) is 5.69 Å². The first-order valence-electron chi connectivity index (χ1n) is 6.55. The molecule has 7 heteroatoms. The molecule has 0 radical (unpaired) electrons. The van der Waals surface area contributed by atoms with Crippen LogP contribution in [-0.4, -0.2) is 51.7 Å². The van der Waals surface area contributed by atoms with Crippen LogP contribution in [0.15, 0.2) is 0 Å². The third kappa shape index (κ3) is 5.00. The molecule has 1 heterocycles. The van der Waals surface area contributed by atoms with Gasteiger partial charge in [-0.1, -0.05) is 13.8 Å². The number of carbonyl (C=O) groups excluding carboxylic acids is 1. The highest BCUT2D eigenvalue weighted by molar-refractivity contribution is 5.93. The molecule has 0 saturated carbocycles. The number of hydrogen-bond donors (Lipinski definition) is 3. The van der Waals surface area contributed by atoms with Gasteiger partial charge in [0.1, 0.15) is 0 Å². The number of aromatic amines is 1. The average molecular weight is 282 g/mol. The van der Waals surface area contributed by atoms with Crippen molar-refractivity contribution in [2.45, 2.75) is 27.7 Å². The number of aryl methyl sites for hydroxylation is 2. The summed E-state index contributed by atoms with van der Waals surface area (Å²) >= 11 is 0. The fourth-order valence-corrected chi connectivity index (χ4v) is 2.01. The third-order valence-electron chi connectivity index (χ3n) is 2.74. The van der Waals surface area contributed by atoms with Gasteiger partial charge in [0.15, 0.2) is 0 Å². The molecule has 0 aliphatic carbocycles. The van der Waals surface area contributed by atoms with Gasteiger partial charge < -0.3 is 10.4 Å². The number of hydrogen-bond acceptors (Lipinski definition) is 4. The number of H-pyrrole nitrogens is 1. The molecular weight excluding hydrogens is 260 g/mol. The Labute approximate surface area is 118 Å². The monoisotopic (exact) mass is 282 g/mol. The molecule has 1 rings (SSSR count). The van der Waals surface area contributed by atoms with Crippen molar-refractivity contribution in [2.75, 3.05) is 25.0 Å². The minimum absolute atomic E-state index is 0.0501. The minimum atomic E-state index is -0.936. The van der Waals surface area contributed by atoms with E-state index in [2.05, 4.69) is 15.5 Å². The maximum Gasteiger partial charge on any atom is 0.317 e. The molecule has 20 heavy (non-hydrogen) atoms. The summed E-state index contributed by atoms with van der Waals surface area (Å²) in [5, 5.41) is 18.4. The quantitative estimate of drug-likeness (QED) is 0.693. The van der Waals surface area contributed by atoms with Crippen molar-refractivity contribution in [3.8, 4) is 0 Å². The Hall–Kier alpha value is -1.89. The molecule has 3 N–H and O–H groups in total. The van der Waals surface area contributed by atoms with E-state index in [4.69, 9.17) is 5.11 Å². The topological polar surface area (TPSA) is 98.3 Å². The van der Waals surface area contributed by atoms with E-state index in [1.165, 1.54) is 0 Å². The number of rotatable bonds is 7. The number of aromatic nitrogens is 2. The van der Waals surface area contributed by atoms with Crippen LogP contribution < -0.4 is 5.32 Å². The van der Waals surface area contributed by atoms with Crippen molar-refractivity contribution in [3.05, 3.63) is 11.4 Å². The van der Waals surface area contributed by atoms with E-state index in [1.54, 1.807) is 11.8 Å². The highest BCUT2D eigenvalue weighted by Gasteiger charge is 2.17. The van der Waals surface area contributed by atoms with Gasteiger partial charge in [-0.25, -0.2) is 0 Å². The number of amides is 1. The maximum atomic E-state index is 12.0. The van der Waals surface area contributed by atoms with Gasteiger partial charge in [-0.3, -0.25) is 19.6 Å². The fourth-order valence-electron chi connectivity index (χ4n) is 2.01. The normalized spacial score (nSPS) is 11.1. The maximum absolute atomic E-state index is 12.0. The van der Waals surface area contributed by atoms with Gasteiger partial charge in [-0.05, 0) is 19.8 Å². The lowest BCUT2D eigenvalue weighted by Crippen LogP contribution is -2.39. The van der Waals surface area contributed by atoms with E-state index in [-0.39, 0.29) is 19.0 Å². The molecule has 1 amide bonds. The summed E-state index contributed by atoms with van der Waals surface area (Å²) in [6.45, 7) is 8.04. The van der Waals surface area contributed by atoms with Crippen molar-refractivity contribution in [3.63, 3.8) is 0 Å². The van der Waals surface area contributed by atoms with Gasteiger partial charge in [0.2, 0.25) is 5.91 Å². The van der Waals surface area contributed by atoms with E-state index in [0.717, 1.165) is 5.69 Å². The Morgan fingerprint density at radius 3 is 2.45 bits per heavy atom. The first kappa shape index (κ1) is 16.2. The average Bonchev–Trinajstić information content (AvgIpc) is 2.58. The van der Waals surface area contributed by atoms with Crippen molar-refractivity contribution < 1.29 is 14.7 Å². The Balaban J connectivity index is 2.64. The number of carbonyl (C=O) groups is 2. The lowest BCUT2D eigenvalue weighted by atomic mass is 10.2. The summed E-state index contributed by atoms with van der Waals surface area (Å²) in [5.41, 5.74) is 2.16. The second kappa shape index (κ2) is 7.04. The summed E-state index contributed by atoms with van der Waals surface area (Å²) in [6, 6.07) is 0. The van der Waals surface area contributed by atoms with Gasteiger partial charge in [0, 0.05) is 6.54 Å². The molecule has 0 unspecified atom stereocenters. The highest BCUT2D eigenvalue weighted by Crippen LogP contribution is 2.15. The molecule has 1 aromatic rings. The lowest BCUT2D eigenvalue weighted by molar-refractivity contribution is -0.138. The number of carboxylic acid groups (broad SMARTS) is 1. The molecule has 0 fully saturated rings. The molecular formula is C13H22N4O3. The van der Waals surface area contributed by atoms with Gasteiger partial charge >= 0.3 is 5.97 Å². The standard InChI is InChI=1S/C13H22N4O3/c1-8(2)5-17(7-12(19)20)6-11(18)14-13-9(3)15-16-10(13)4/h8H,5-7H2,1-4H3,(H,14,18)(H,15,16)(H,19,20). The summed E-state index contributed by atoms with van der Waals surface area (Å²) in [6.07, 6.45) is 0. The minimum Gasteiger partial charge on any atom is -0.480 e. The zero-order valence-electron chi connectivity index (χ0n) is 12.4. The number of carboxylic acids is 1. The first-order chi connectivity index (χ1) is 9.29. The van der Waals surface area contributed by atoms with Crippen LogP contribution in [0.1, 0.15) is 25.2 Å². The fraction of sp³-hybridized carbons (Fsp3) is 0.615. The molecule has 0 aliphatic heterocycles. The second-order valence-corrected chi connectivity index (χ2v) is 5.31. The van der Waals surface area contributed by atoms with E-state index >= 15 is 0 Å². The van der Waals surface area contributed by atoms with Crippen LogP contribution in [0, 0.1) is 19.8 Å². The lowest BCUT2D eigenvalue weighted by Gasteiger charge is -2.21. The zero-order chi connectivity index (χ0) is 15.3. The molecule has 0 spiro atoms. The second-order valence-electron chi connectivity index (χ2n) is 5.31. The molecule has 0 aromatic carbocycles. The SMILES string of the molecule is Cc1n[nH]c(C)c1NC(=O)CN(CC(=O)O)CC(C)C. The summed E-state index contributed by atoms with van der Waals surface area (Å²) in [5.74, 6) is -0.881. The van der Waals surface area contributed by atoms with Crippen molar-refractivity contribution in [2.24, 2.45) is 5.92 Å². The Morgan fingerprint density at radius 2 is 2.00 bits per heavy atom. The molecule has 0 atom stereocenters. The van der Waals surface area contributed by atoms with Crippen LogP contribution in [-0.2, 0) is 9.59 Å². The van der Waals surface area contributed by atoms with Crippen LogP contribution in [0.3, 0.4) is 0 Å². The van der Waals surface area contributed by atoms with Crippen molar-refractivity contribution in [1.82, 2.24) is 15.1 Å². The molecule has 0 saturated heterocycles. The Kier molecular flexibility index (Phi) is 5.69. The number of aliphatic carboxylic acids is 1. The van der Waals surface area contributed by atoms with E-state index in [0.29, 0.717) is 23.8 Å². The molecule has 0 aliphatic rings. The predicted molar refractivity (Wildman–Crippen MR) is 75.6 cm³/mol. The van der Waals surface area contributed by atoms with Crippen molar-refractivity contribution >= 4 is 17.6 Å². The van der Waals surface area contributed by atoms with Gasteiger partial charge in [-0.15, -0.1) is 0 Å². The van der Waals surface area contributed by atoms with Crippen molar-refractivity contribution in [1.29, 1.82) is 0 Å². The van der Waals surface area contributed by atoms with Crippen LogP contribution in [0.5, 0.6) is 0 Å². The third-order valence-corrected chi connectivity index (χ3v) is 2.74. The summed E-state index contributed by atoms with van der Waals surface area (Å²) in [4.78, 5) is 24.4. The van der Waals surface area contributed by atoms with Crippen LogP contribution in [0.2, 0.25) is 0 Å². The number of nitrogens with one attached hydrogen (secondary N) is 2. The largest absolute Gasteiger partial charge is 0.480 e. The Bertz CT molecular complexity index is 462. The van der Waals surface area contributed by atoms with Crippen LogP contribution >= 0.6 is 0 Å². The van der Waals surface area contributed by atoms with Gasteiger partial charge in [0.25, 0.3) is 0 Å². The van der Waals surface area contributed by atoms with Gasteiger partial charge in [0.05, 0.1) is 30.2 Å². The Morgan fingerprint density at radius 1 is 1.35 bits per heavy atom. The summed E-state index contributed by atoms with van der Waals surface area (Å²) in [7, 11) is 0. The van der Waals surface area contributed by atoms with Gasteiger partial charge in [-0.2, -0.15) is 5.10 Å². The molecule has 0 bridgehead atoms. The summed E-state index contributed by atoms with van der Waals surface area (Å²) < 4.78 is 0. The smallest absolute Gasteiger partial charge is 0.317 e. The number of nitrogens with zero attached hydrogens (tertiary/aromatic N) is 2. The molecule has 112 valence electrons. The molecule has 1 aromatic heterocycles.